The fraction of sp³-hybridized carbons (Fsp3) is 0.688. The van der Waals surface area contributed by atoms with E-state index >= 15 is 0 Å². The summed E-state index contributed by atoms with van der Waals surface area (Å²) >= 11 is 0. The van der Waals surface area contributed by atoms with Crippen LogP contribution >= 0.6 is 0 Å². The minimum Gasteiger partial charge on any atom is -0.393 e. The Morgan fingerprint density at radius 2 is 2.30 bits per heavy atom. The lowest BCUT2D eigenvalue weighted by molar-refractivity contribution is 0.0704. The van der Waals surface area contributed by atoms with Crippen LogP contribution < -0.4 is 16.5 Å². The first-order valence-corrected chi connectivity index (χ1v) is 7.84. The monoisotopic (exact) mass is 323 g/mol. The van der Waals surface area contributed by atoms with Gasteiger partial charge in [0, 0.05) is 11.7 Å². The Morgan fingerprint density at radius 3 is 2.87 bits per heavy atom. The summed E-state index contributed by atoms with van der Waals surface area (Å²) in [5.41, 5.74) is 5.16. The number of aliphatic hydroxyl groups is 1. The molecule has 0 bridgehead atoms. The number of hydrogen-bond donors (Lipinski definition) is 4. The molecule has 1 aromatic heterocycles. The maximum Gasteiger partial charge on any atom is 0.254 e. The highest BCUT2D eigenvalue weighted by Crippen LogP contribution is 2.25. The van der Waals surface area contributed by atoms with Crippen LogP contribution in [0, 0.1) is 5.92 Å². The van der Waals surface area contributed by atoms with Gasteiger partial charge in [-0.15, -0.1) is 0 Å². The number of aromatic nitrogens is 2. The predicted octanol–water partition coefficient (Wildman–Crippen LogP) is 1.17. The molecule has 5 N–H and O–H groups in total. The van der Waals surface area contributed by atoms with Gasteiger partial charge in [-0.05, 0) is 46.0 Å². The van der Waals surface area contributed by atoms with Crippen molar-refractivity contribution in [2.45, 2.75) is 64.6 Å². The first kappa shape index (κ1) is 14.7. The molecular formula is C16H27N5O2. The number of H-pyrrole nitrogens is 1. The molecule has 1 saturated carbocycles. The van der Waals surface area contributed by atoms with Crippen molar-refractivity contribution in [3.8, 4) is 0 Å². The molecule has 128 valence electrons. The molecule has 2 rings (SSSR count). The molecule has 0 radical (unpaired) electrons. The molecule has 0 saturated heterocycles. The fourth-order valence-electron chi connectivity index (χ4n) is 2.50. The molecule has 1 amide bonds. The van der Waals surface area contributed by atoms with Crippen LogP contribution in [0.25, 0.3) is 0 Å². The van der Waals surface area contributed by atoms with Gasteiger partial charge in [-0.2, -0.15) is 0 Å². The van der Waals surface area contributed by atoms with Gasteiger partial charge in [-0.25, -0.2) is 4.98 Å². The molecule has 1 aliphatic rings. The third kappa shape index (κ3) is 4.79. The first-order chi connectivity index (χ1) is 11.4. The van der Waals surface area contributed by atoms with Crippen LogP contribution in [0.1, 0.15) is 60.1 Å². The molecule has 3 atom stereocenters. The van der Waals surface area contributed by atoms with E-state index in [0.29, 0.717) is 18.8 Å². The first-order valence-electron chi connectivity index (χ1n) is 8.84. The Labute approximate surface area is 139 Å². The number of nitrogens with one attached hydrogen (secondary N) is 2. The van der Waals surface area contributed by atoms with Crippen molar-refractivity contribution in [3.05, 3.63) is 17.2 Å². The molecule has 1 heterocycles. The summed E-state index contributed by atoms with van der Waals surface area (Å²) in [6, 6.07) is -0.336. The van der Waals surface area contributed by atoms with Gasteiger partial charge in [0.1, 0.15) is 5.49 Å². The van der Waals surface area contributed by atoms with Crippen molar-refractivity contribution in [2.24, 2.45) is 16.6 Å². The van der Waals surface area contributed by atoms with E-state index in [1.807, 2.05) is 27.7 Å². The molecule has 1 fully saturated rings. The SMILES string of the molecule is [2H]c1nc(NC(C)(C)C)[nH]c(=NC2CCC(C)C([2H])(O)C2)c1C(N)=O. The van der Waals surface area contributed by atoms with Crippen molar-refractivity contribution in [3.63, 3.8) is 0 Å². The zero-order chi connectivity index (χ0) is 19.0. The van der Waals surface area contributed by atoms with E-state index in [2.05, 4.69) is 20.3 Å². The summed E-state index contributed by atoms with van der Waals surface area (Å²) in [5.74, 6) is -0.618. The Bertz CT molecular complexity index is 724. The van der Waals surface area contributed by atoms with E-state index in [1.165, 1.54) is 0 Å². The van der Waals surface area contributed by atoms with Gasteiger partial charge in [-0.1, -0.05) is 6.92 Å². The maximum absolute atomic E-state index is 11.7. The third-order valence-electron chi connectivity index (χ3n) is 3.75. The second kappa shape index (κ2) is 6.70. The van der Waals surface area contributed by atoms with E-state index in [1.54, 1.807) is 0 Å². The van der Waals surface area contributed by atoms with Gasteiger partial charge in [0.15, 0.2) is 0 Å². The molecule has 7 nitrogen and oxygen atoms in total. The maximum atomic E-state index is 11.7. The number of carbonyl (C=O) groups is 1. The minimum absolute atomic E-state index is 0.0911. The second-order valence-corrected chi connectivity index (χ2v) is 7.12. The summed E-state index contributed by atoms with van der Waals surface area (Å²) in [4.78, 5) is 23.2. The third-order valence-corrected chi connectivity index (χ3v) is 3.75. The van der Waals surface area contributed by atoms with Crippen molar-refractivity contribution in [1.29, 1.82) is 0 Å². The van der Waals surface area contributed by atoms with Crippen LogP contribution in [-0.2, 0) is 0 Å². The van der Waals surface area contributed by atoms with Crippen LogP contribution in [0.15, 0.2) is 11.2 Å². The molecule has 1 aliphatic carbocycles. The molecule has 7 heteroatoms. The van der Waals surface area contributed by atoms with Gasteiger partial charge < -0.3 is 21.1 Å². The van der Waals surface area contributed by atoms with Gasteiger partial charge in [0.2, 0.25) is 5.95 Å². The minimum atomic E-state index is -1.55. The van der Waals surface area contributed by atoms with Crippen molar-refractivity contribution in [2.75, 3.05) is 5.32 Å². The van der Waals surface area contributed by atoms with E-state index in [4.69, 9.17) is 8.48 Å². The van der Waals surface area contributed by atoms with Gasteiger partial charge >= 0.3 is 0 Å². The highest BCUT2D eigenvalue weighted by atomic mass is 16.3. The number of primary amides is 1. The Hall–Kier alpha value is -1.89. The highest BCUT2D eigenvalue weighted by molar-refractivity contribution is 5.92. The Balaban J connectivity index is 2.48. The molecule has 3 unspecified atom stereocenters. The van der Waals surface area contributed by atoms with E-state index < -0.39 is 12.0 Å². The highest BCUT2D eigenvalue weighted by Gasteiger charge is 2.26. The van der Waals surface area contributed by atoms with E-state index in [0.717, 1.165) is 0 Å². The van der Waals surface area contributed by atoms with Crippen LogP contribution in [0.5, 0.6) is 0 Å². The zero-order valence-corrected chi connectivity index (χ0v) is 14.1. The van der Waals surface area contributed by atoms with Crippen LogP contribution in [0.3, 0.4) is 0 Å². The number of rotatable bonds is 3. The standard InChI is InChI=1S/C16H27N5O2/c1-9-5-6-10(7-12(9)22)19-14-11(13(17)23)8-18-15(20-14)21-16(2,3)4/h8-10,12,22H,5-7H2,1-4H3,(H2,17,23)(H2,18,19,20,21)/i8D,12D. The normalized spacial score (nSPS) is 30.6. The van der Waals surface area contributed by atoms with E-state index in [9.17, 15) is 9.90 Å². The van der Waals surface area contributed by atoms with Crippen molar-refractivity contribution in [1.82, 2.24) is 9.97 Å². The zero-order valence-electron chi connectivity index (χ0n) is 16.1. The number of aromatic amines is 1. The molecule has 0 aromatic carbocycles. The molecule has 23 heavy (non-hydrogen) atoms. The van der Waals surface area contributed by atoms with Crippen LogP contribution in [0.4, 0.5) is 5.95 Å². The number of amides is 1. The second-order valence-electron chi connectivity index (χ2n) is 7.12. The van der Waals surface area contributed by atoms with Crippen molar-refractivity contribution < 1.29 is 12.6 Å². The summed E-state index contributed by atoms with van der Waals surface area (Å²) in [6.07, 6.45) is -0.305. The number of nitrogens with zero attached hydrogens (tertiary/aromatic N) is 2. The Morgan fingerprint density at radius 1 is 1.61 bits per heavy atom. The quantitative estimate of drug-likeness (QED) is 0.668. The Kier molecular flexibility index (Phi) is 4.28. The lowest BCUT2D eigenvalue weighted by Crippen LogP contribution is -2.34. The summed E-state index contributed by atoms with van der Waals surface area (Å²) < 4.78 is 16.0. The smallest absolute Gasteiger partial charge is 0.254 e. The van der Waals surface area contributed by atoms with E-state index in [-0.39, 0.29) is 41.1 Å². The molecule has 0 spiro atoms. The van der Waals surface area contributed by atoms with Gasteiger partial charge in [0.05, 0.1) is 20.4 Å². The molecular weight excluding hydrogens is 294 g/mol. The average Bonchev–Trinajstić information content (AvgIpc) is 2.39. The largest absolute Gasteiger partial charge is 0.393 e. The van der Waals surface area contributed by atoms with Gasteiger partial charge in [-0.3, -0.25) is 9.79 Å². The summed E-state index contributed by atoms with van der Waals surface area (Å²) in [5, 5.41) is 13.3. The topological polar surface area (TPSA) is 116 Å². The fourth-order valence-corrected chi connectivity index (χ4v) is 2.50. The average molecular weight is 323 g/mol. The van der Waals surface area contributed by atoms with Crippen molar-refractivity contribution >= 4 is 11.9 Å². The molecule has 0 aliphatic heterocycles. The molecule has 1 aromatic rings. The summed E-state index contributed by atoms with van der Waals surface area (Å²) in [7, 11) is 0. The lowest BCUT2D eigenvalue weighted by Gasteiger charge is -2.28. The summed E-state index contributed by atoms with van der Waals surface area (Å²) in [6.45, 7) is 7.65. The number of carbonyl (C=O) groups excluding carboxylic acids is 1. The number of nitrogens with two attached hydrogens (primary N) is 1. The van der Waals surface area contributed by atoms with Crippen LogP contribution in [-0.4, -0.2) is 38.6 Å². The lowest BCUT2D eigenvalue weighted by atomic mass is 9.85. The van der Waals surface area contributed by atoms with Gasteiger partial charge in [0.25, 0.3) is 5.91 Å². The number of hydrogen-bond acceptors (Lipinski definition) is 5. The number of anilines is 1. The van der Waals surface area contributed by atoms with Crippen LogP contribution in [0.2, 0.25) is 0 Å². The predicted molar refractivity (Wildman–Crippen MR) is 88.9 cm³/mol.